The van der Waals surface area contributed by atoms with Gasteiger partial charge < -0.3 is 14.8 Å². The first-order chi connectivity index (χ1) is 13.4. The van der Waals surface area contributed by atoms with Crippen LogP contribution in [-0.2, 0) is 11.4 Å². The average Bonchev–Trinajstić information content (AvgIpc) is 2.94. The highest BCUT2D eigenvalue weighted by Gasteiger charge is 2.32. The summed E-state index contributed by atoms with van der Waals surface area (Å²) in [6.07, 6.45) is 1.62. The summed E-state index contributed by atoms with van der Waals surface area (Å²) in [4.78, 5) is 25.2. The maximum absolute atomic E-state index is 12.2. The minimum atomic E-state index is -0.415. The van der Waals surface area contributed by atoms with Gasteiger partial charge in [0.05, 0.1) is 11.6 Å². The molecule has 0 aliphatic carbocycles. The second kappa shape index (κ2) is 8.95. The van der Waals surface area contributed by atoms with Gasteiger partial charge in [0, 0.05) is 10.1 Å². The molecule has 0 aromatic heterocycles. The SMILES string of the molecule is CCN1C(=O)N/C(=C/c2cc(Br)c(OCc3ccc(I)cc3)c(OC)c2)C1=O. The number of imide groups is 1. The van der Waals surface area contributed by atoms with Gasteiger partial charge in [-0.15, -0.1) is 0 Å². The molecular formula is C20H18BrIN2O4. The minimum absolute atomic E-state index is 0.230. The fraction of sp³-hybridized carbons (Fsp3) is 0.200. The molecule has 1 saturated heterocycles. The predicted molar refractivity (Wildman–Crippen MR) is 118 cm³/mol. The summed E-state index contributed by atoms with van der Waals surface area (Å²) in [5, 5.41) is 2.59. The number of nitrogens with one attached hydrogen (secondary N) is 1. The molecule has 2 aromatic rings. The zero-order chi connectivity index (χ0) is 20.3. The molecule has 0 saturated carbocycles. The summed E-state index contributed by atoms with van der Waals surface area (Å²) in [7, 11) is 1.55. The van der Waals surface area contributed by atoms with Gasteiger partial charge in [0.1, 0.15) is 12.3 Å². The molecule has 1 aliphatic heterocycles. The lowest BCUT2D eigenvalue weighted by Crippen LogP contribution is -2.30. The number of amides is 3. The van der Waals surface area contributed by atoms with Crippen LogP contribution in [0, 0.1) is 3.57 Å². The second-order valence-electron chi connectivity index (χ2n) is 5.99. The van der Waals surface area contributed by atoms with Crippen molar-refractivity contribution in [2.75, 3.05) is 13.7 Å². The monoisotopic (exact) mass is 556 g/mol. The Labute approximate surface area is 185 Å². The van der Waals surface area contributed by atoms with Gasteiger partial charge >= 0.3 is 6.03 Å². The highest BCUT2D eigenvalue weighted by molar-refractivity contribution is 14.1. The van der Waals surface area contributed by atoms with E-state index in [-0.39, 0.29) is 11.6 Å². The van der Waals surface area contributed by atoms with Gasteiger partial charge in [-0.05, 0) is 86.9 Å². The van der Waals surface area contributed by atoms with Crippen LogP contribution in [0.3, 0.4) is 0 Å². The molecule has 0 unspecified atom stereocenters. The Hall–Kier alpha value is -2.07. The third-order valence-corrected chi connectivity index (χ3v) is 5.45. The van der Waals surface area contributed by atoms with Crippen LogP contribution < -0.4 is 14.8 Å². The van der Waals surface area contributed by atoms with Gasteiger partial charge in [-0.2, -0.15) is 0 Å². The van der Waals surface area contributed by atoms with Crippen LogP contribution >= 0.6 is 38.5 Å². The van der Waals surface area contributed by atoms with E-state index in [1.165, 1.54) is 0 Å². The molecule has 3 rings (SSSR count). The van der Waals surface area contributed by atoms with E-state index in [2.05, 4.69) is 43.8 Å². The van der Waals surface area contributed by atoms with Crippen LogP contribution in [0.25, 0.3) is 6.08 Å². The van der Waals surface area contributed by atoms with Crippen LogP contribution in [0.2, 0.25) is 0 Å². The maximum Gasteiger partial charge on any atom is 0.328 e. The molecule has 0 bridgehead atoms. The van der Waals surface area contributed by atoms with Crippen molar-refractivity contribution < 1.29 is 19.1 Å². The zero-order valence-electron chi connectivity index (χ0n) is 15.3. The molecule has 0 spiro atoms. The quantitative estimate of drug-likeness (QED) is 0.322. The number of methoxy groups -OCH3 is 1. The van der Waals surface area contributed by atoms with Crippen molar-refractivity contribution >= 4 is 56.5 Å². The lowest BCUT2D eigenvalue weighted by molar-refractivity contribution is -0.122. The molecule has 3 amide bonds. The number of carbonyl (C=O) groups excluding carboxylic acids is 2. The highest BCUT2D eigenvalue weighted by Crippen LogP contribution is 2.38. The number of hydrogen-bond acceptors (Lipinski definition) is 4. The topological polar surface area (TPSA) is 67.9 Å². The van der Waals surface area contributed by atoms with E-state index in [9.17, 15) is 9.59 Å². The Balaban J connectivity index is 1.83. The van der Waals surface area contributed by atoms with Gasteiger partial charge in [-0.1, -0.05) is 12.1 Å². The first-order valence-corrected chi connectivity index (χ1v) is 10.4. The molecule has 1 N–H and O–H groups in total. The molecule has 146 valence electrons. The van der Waals surface area contributed by atoms with Crippen molar-refractivity contribution in [1.82, 2.24) is 10.2 Å². The molecule has 1 aliphatic rings. The van der Waals surface area contributed by atoms with E-state index >= 15 is 0 Å². The summed E-state index contributed by atoms with van der Waals surface area (Å²) < 4.78 is 13.3. The Kier molecular flexibility index (Phi) is 6.61. The van der Waals surface area contributed by atoms with Crippen LogP contribution in [0.4, 0.5) is 4.79 Å². The molecular weight excluding hydrogens is 539 g/mol. The molecule has 6 nitrogen and oxygen atoms in total. The van der Waals surface area contributed by atoms with E-state index in [0.29, 0.717) is 34.7 Å². The summed E-state index contributed by atoms with van der Waals surface area (Å²) in [5.41, 5.74) is 1.97. The summed E-state index contributed by atoms with van der Waals surface area (Å²) in [6.45, 7) is 2.46. The zero-order valence-corrected chi connectivity index (χ0v) is 19.0. The van der Waals surface area contributed by atoms with Crippen molar-refractivity contribution in [3.8, 4) is 11.5 Å². The molecule has 1 heterocycles. The van der Waals surface area contributed by atoms with Crippen LogP contribution in [0.5, 0.6) is 11.5 Å². The first-order valence-electron chi connectivity index (χ1n) is 8.52. The first kappa shape index (κ1) is 20.7. The lowest BCUT2D eigenvalue weighted by atomic mass is 10.1. The van der Waals surface area contributed by atoms with Gasteiger partial charge in [-0.3, -0.25) is 9.69 Å². The van der Waals surface area contributed by atoms with E-state index in [4.69, 9.17) is 9.47 Å². The van der Waals surface area contributed by atoms with Crippen molar-refractivity contribution in [2.24, 2.45) is 0 Å². The van der Waals surface area contributed by atoms with Crippen molar-refractivity contribution in [3.05, 3.63) is 61.3 Å². The van der Waals surface area contributed by atoms with E-state index in [0.717, 1.165) is 14.0 Å². The number of benzene rings is 2. The number of halogens is 2. The molecule has 1 fully saturated rings. The number of hydrogen-bond donors (Lipinski definition) is 1. The van der Waals surface area contributed by atoms with E-state index in [1.54, 1.807) is 26.2 Å². The maximum atomic E-state index is 12.2. The normalized spacial score (nSPS) is 15.1. The third-order valence-electron chi connectivity index (χ3n) is 4.14. The van der Waals surface area contributed by atoms with Crippen LogP contribution in [0.1, 0.15) is 18.1 Å². The van der Waals surface area contributed by atoms with Crippen molar-refractivity contribution in [1.29, 1.82) is 0 Å². The number of likely N-dealkylation sites (N-methyl/N-ethyl adjacent to an activating group) is 1. The largest absolute Gasteiger partial charge is 0.493 e. The minimum Gasteiger partial charge on any atom is -0.493 e. The predicted octanol–water partition coefficient (Wildman–Crippen LogP) is 4.55. The number of ether oxygens (including phenoxy) is 2. The van der Waals surface area contributed by atoms with Gasteiger partial charge in [0.15, 0.2) is 11.5 Å². The summed E-state index contributed by atoms with van der Waals surface area (Å²) >= 11 is 5.76. The number of nitrogens with zero attached hydrogens (tertiary/aromatic N) is 1. The molecule has 28 heavy (non-hydrogen) atoms. The highest BCUT2D eigenvalue weighted by atomic mass is 127. The van der Waals surface area contributed by atoms with Crippen LogP contribution in [0.15, 0.2) is 46.6 Å². The van der Waals surface area contributed by atoms with Crippen molar-refractivity contribution in [3.63, 3.8) is 0 Å². The molecule has 0 radical (unpaired) electrons. The van der Waals surface area contributed by atoms with Crippen LogP contribution in [-0.4, -0.2) is 30.5 Å². The molecule has 2 aromatic carbocycles. The Morgan fingerprint density at radius 1 is 1.21 bits per heavy atom. The summed E-state index contributed by atoms with van der Waals surface area (Å²) in [6, 6.07) is 11.2. The van der Waals surface area contributed by atoms with E-state index < -0.39 is 6.03 Å². The Morgan fingerprint density at radius 2 is 1.93 bits per heavy atom. The number of urea groups is 1. The molecule has 8 heteroatoms. The smallest absolute Gasteiger partial charge is 0.328 e. The van der Waals surface area contributed by atoms with E-state index in [1.807, 2.05) is 30.3 Å². The number of rotatable bonds is 6. The second-order valence-corrected chi connectivity index (χ2v) is 8.09. The summed E-state index contributed by atoms with van der Waals surface area (Å²) in [5.74, 6) is 0.748. The van der Waals surface area contributed by atoms with Gasteiger partial charge in [0.25, 0.3) is 5.91 Å². The standard InChI is InChI=1S/C20H18BrIN2O4/c1-3-24-19(25)16(23-20(24)26)9-13-8-15(21)18(17(10-13)27-2)28-11-12-4-6-14(22)7-5-12/h4-10H,3,11H2,1-2H3,(H,23,26)/b16-9+. The number of carbonyl (C=O) groups is 2. The third kappa shape index (κ3) is 4.49. The fourth-order valence-corrected chi connectivity index (χ4v) is 3.66. The van der Waals surface area contributed by atoms with Crippen molar-refractivity contribution in [2.45, 2.75) is 13.5 Å². The van der Waals surface area contributed by atoms with Gasteiger partial charge in [0.2, 0.25) is 0 Å². The average molecular weight is 557 g/mol. The molecule has 0 atom stereocenters. The van der Waals surface area contributed by atoms with Gasteiger partial charge in [-0.25, -0.2) is 4.79 Å². The lowest BCUT2D eigenvalue weighted by Gasteiger charge is -2.14. The fourth-order valence-electron chi connectivity index (χ4n) is 2.72. The Bertz CT molecular complexity index is 944. The Morgan fingerprint density at radius 3 is 2.54 bits per heavy atom.